The Balaban J connectivity index is 0.000000604. The Morgan fingerprint density at radius 3 is 2.21 bits per heavy atom. The van der Waals surface area contributed by atoms with E-state index in [1.807, 2.05) is 0 Å². The largest absolute Gasteiger partial charge is 0.374 e. The van der Waals surface area contributed by atoms with Gasteiger partial charge in [0.25, 0.3) is 0 Å². The maximum Gasteiger partial charge on any atom is 0.116 e. The molecular weight excluding hydrogens is 344 g/mol. The van der Waals surface area contributed by atoms with E-state index < -0.39 is 0 Å². The molecule has 4 saturated carbocycles. The number of rotatable bonds is 3. The number of carbonyl (C=O) groups is 1. The molecule has 7 unspecified atom stereocenters. The van der Waals surface area contributed by atoms with Gasteiger partial charge in [-0.25, -0.2) is 0 Å². The molecule has 0 heterocycles. The van der Waals surface area contributed by atoms with Crippen molar-refractivity contribution in [3.8, 4) is 0 Å². The Bertz CT molecular complexity index is 612. The first-order chi connectivity index (χ1) is 13.8. The molecule has 7 atom stereocenters. The molecule has 1 aromatic rings. The molecular formula is C26H38O2. The molecule has 2 heteroatoms. The van der Waals surface area contributed by atoms with E-state index in [2.05, 4.69) is 30.3 Å². The minimum absolute atomic E-state index is 0.515. The number of hydrogen-bond donors (Lipinski definition) is 0. The zero-order valence-electron chi connectivity index (χ0n) is 17.6. The van der Waals surface area contributed by atoms with Crippen LogP contribution in [-0.2, 0) is 16.1 Å². The summed E-state index contributed by atoms with van der Waals surface area (Å²) in [6.45, 7) is 2.25. The van der Waals surface area contributed by atoms with Gasteiger partial charge in [0, 0.05) is 0 Å². The summed E-state index contributed by atoms with van der Waals surface area (Å²) in [6.07, 6.45) is 16.2. The summed E-state index contributed by atoms with van der Waals surface area (Å²) in [5, 5.41) is 0. The molecule has 2 nitrogen and oxygen atoms in total. The van der Waals surface area contributed by atoms with E-state index in [1.165, 1.54) is 44.6 Å². The maximum atomic E-state index is 8.81. The zero-order chi connectivity index (χ0) is 19.3. The predicted molar refractivity (Wildman–Crippen MR) is 114 cm³/mol. The summed E-state index contributed by atoms with van der Waals surface area (Å²) < 4.78 is 6.32. The molecule has 4 fully saturated rings. The fraction of sp³-hybridized carbons (Fsp3) is 0.731. The van der Waals surface area contributed by atoms with E-state index in [0.29, 0.717) is 6.10 Å². The molecule has 0 spiro atoms. The van der Waals surface area contributed by atoms with Crippen molar-refractivity contribution in [2.24, 2.45) is 35.5 Å². The van der Waals surface area contributed by atoms with Crippen molar-refractivity contribution in [2.45, 2.75) is 83.8 Å². The van der Waals surface area contributed by atoms with Gasteiger partial charge in [-0.3, -0.25) is 0 Å². The van der Waals surface area contributed by atoms with Gasteiger partial charge in [0.15, 0.2) is 0 Å². The minimum atomic E-state index is 0.515. The van der Waals surface area contributed by atoms with Gasteiger partial charge in [-0.2, -0.15) is 0 Å². The molecule has 4 aliphatic carbocycles. The molecule has 154 valence electrons. The van der Waals surface area contributed by atoms with E-state index in [4.69, 9.17) is 9.53 Å². The Labute approximate surface area is 171 Å². The highest BCUT2D eigenvalue weighted by atomic mass is 16.5. The number of aldehydes is 1. The molecule has 28 heavy (non-hydrogen) atoms. The van der Waals surface area contributed by atoms with E-state index in [1.54, 1.807) is 32.1 Å². The second-order valence-corrected chi connectivity index (χ2v) is 9.73. The lowest BCUT2D eigenvalue weighted by atomic mass is 9.53. The number of ether oxygens (including phenoxy) is 1. The van der Waals surface area contributed by atoms with Crippen molar-refractivity contribution >= 4 is 6.29 Å². The Morgan fingerprint density at radius 1 is 0.821 bits per heavy atom. The summed E-state index contributed by atoms with van der Waals surface area (Å²) in [5.74, 6) is 6.41. The highest BCUT2D eigenvalue weighted by Crippen LogP contribution is 2.57. The van der Waals surface area contributed by atoms with E-state index >= 15 is 0 Å². The van der Waals surface area contributed by atoms with Crippen molar-refractivity contribution < 1.29 is 9.53 Å². The van der Waals surface area contributed by atoms with Crippen LogP contribution in [0.2, 0.25) is 0 Å². The maximum absolute atomic E-state index is 8.81. The van der Waals surface area contributed by atoms with Crippen LogP contribution in [0.5, 0.6) is 0 Å². The fourth-order valence-corrected chi connectivity index (χ4v) is 7.37. The van der Waals surface area contributed by atoms with Gasteiger partial charge < -0.3 is 9.53 Å². The Hall–Kier alpha value is -1.15. The van der Waals surface area contributed by atoms with Gasteiger partial charge in [-0.15, -0.1) is 0 Å². The average Bonchev–Trinajstić information content (AvgIpc) is 3.22. The quantitative estimate of drug-likeness (QED) is 0.563. The van der Waals surface area contributed by atoms with Gasteiger partial charge in [0.2, 0.25) is 0 Å². The Kier molecular flexibility index (Phi) is 6.88. The first-order valence-corrected chi connectivity index (χ1v) is 11.9. The summed E-state index contributed by atoms with van der Waals surface area (Å²) in [6, 6.07) is 10.7. The van der Waals surface area contributed by atoms with Crippen LogP contribution in [0.25, 0.3) is 0 Å². The van der Waals surface area contributed by atoms with Crippen LogP contribution in [-0.4, -0.2) is 12.4 Å². The van der Waals surface area contributed by atoms with E-state index in [0.717, 1.165) is 48.4 Å². The van der Waals surface area contributed by atoms with Gasteiger partial charge in [0.05, 0.1) is 12.7 Å². The smallest absolute Gasteiger partial charge is 0.116 e. The standard InChI is InChI=1S/C24H34O.C2H4O/c1-2-5-17(6-3-1)16-25-20-11-14-22-19(15-20)10-13-23-21-8-4-7-18(21)9-12-24(22)23;1-2-3/h1-3,5-6,18-24H,4,7-16H2;2H,1H3. The second-order valence-electron chi connectivity index (χ2n) is 9.73. The van der Waals surface area contributed by atoms with E-state index in [-0.39, 0.29) is 0 Å². The summed E-state index contributed by atoms with van der Waals surface area (Å²) in [4.78, 5) is 8.81. The predicted octanol–water partition coefficient (Wildman–Crippen LogP) is 6.43. The topological polar surface area (TPSA) is 26.3 Å². The molecule has 0 radical (unpaired) electrons. The van der Waals surface area contributed by atoms with Crippen LogP contribution in [0.15, 0.2) is 30.3 Å². The van der Waals surface area contributed by atoms with Crippen molar-refractivity contribution in [3.05, 3.63) is 35.9 Å². The lowest BCUT2D eigenvalue weighted by Crippen LogP contribution is -2.45. The van der Waals surface area contributed by atoms with Gasteiger partial charge in [-0.1, -0.05) is 43.2 Å². The monoisotopic (exact) mass is 382 g/mol. The SMILES string of the molecule is CC=O.c1ccc(COC2CCC3C(CCC4C5CCCC5CCC34)C2)cc1. The van der Waals surface area contributed by atoms with Crippen molar-refractivity contribution in [3.63, 3.8) is 0 Å². The van der Waals surface area contributed by atoms with Crippen molar-refractivity contribution in [1.29, 1.82) is 0 Å². The zero-order valence-corrected chi connectivity index (χ0v) is 17.6. The second kappa shape index (κ2) is 9.57. The molecule has 0 aromatic heterocycles. The average molecular weight is 383 g/mol. The fourth-order valence-electron chi connectivity index (χ4n) is 7.37. The van der Waals surface area contributed by atoms with Crippen molar-refractivity contribution in [1.82, 2.24) is 0 Å². The third kappa shape index (κ3) is 4.37. The molecule has 0 amide bonds. The third-order valence-electron chi connectivity index (χ3n) is 8.43. The Morgan fingerprint density at radius 2 is 1.46 bits per heavy atom. The summed E-state index contributed by atoms with van der Waals surface area (Å²) >= 11 is 0. The molecule has 0 N–H and O–H groups in total. The highest BCUT2D eigenvalue weighted by Gasteiger charge is 2.49. The number of fused-ring (bicyclic) bond motifs is 5. The number of carbonyl (C=O) groups excluding carboxylic acids is 1. The normalized spacial score (nSPS) is 39.0. The highest BCUT2D eigenvalue weighted by molar-refractivity contribution is 5.44. The molecule has 1 aromatic carbocycles. The van der Waals surface area contributed by atoms with Crippen LogP contribution in [0.3, 0.4) is 0 Å². The summed E-state index contributed by atoms with van der Waals surface area (Å²) in [7, 11) is 0. The lowest BCUT2D eigenvalue weighted by molar-refractivity contribution is -0.106. The number of benzene rings is 1. The first-order valence-electron chi connectivity index (χ1n) is 11.9. The molecule has 0 bridgehead atoms. The van der Waals surface area contributed by atoms with Gasteiger partial charge in [-0.05, 0) is 99.4 Å². The van der Waals surface area contributed by atoms with Crippen molar-refractivity contribution in [2.75, 3.05) is 0 Å². The molecule has 5 rings (SSSR count). The van der Waals surface area contributed by atoms with Crippen LogP contribution in [0.4, 0.5) is 0 Å². The minimum Gasteiger partial charge on any atom is -0.374 e. The van der Waals surface area contributed by atoms with Crippen LogP contribution in [0.1, 0.15) is 76.7 Å². The molecule has 0 saturated heterocycles. The first kappa shape index (κ1) is 20.1. The van der Waals surface area contributed by atoms with Crippen LogP contribution < -0.4 is 0 Å². The van der Waals surface area contributed by atoms with E-state index in [9.17, 15) is 0 Å². The molecule has 0 aliphatic heterocycles. The van der Waals surface area contributed by atoms with Crippen LogP contribution in [0, 0.1) is 35.5 Å². The lowest BCUT2D eigenvalue weighted by Gasteiger charge is -2.52. The summed E-state index contributed by atoms with van der Waals surface area (Å²) in [5.41, 5.74) is 1.33. The van der Waals surface area contributed by atoms with Gasteiger partial charge >= 0.3 is 0 Å². The molecule has 4 aliphatic rings. The van der Waals surface area contributed by atoms with Gasteiger partial charge in [0.1, 0.15) is 6.29 Å². The van der Waals surface area contributed by atoms with Crippen LogP contribution >= 0.6 is 0 Å². The number of hydrogen-bond acceptors (Lipinski definition) is 2. The third-order valence-corrected chi connectivity index (χ3v) is 8.43.